The molecule has 2 fully saturated rings. The van der Waals surface area contributed by atoms with Gasteiger partial charge in [0.2, 0.25) is 5.91 Å². The summed E-state index contributed by atoms with van der Waals surface area (Å²) < 4.78 is 6.19. The molecule has 106 valence electrons. The quantitative estimate of drug-likeness (QED) is 0.844. The summed E-state index contributed by atoms with van der Waals surface area (Å²) in [5.74, 6) is 0.185. The van der Waals surface area contributed by atoms with Gasteiger partial charge in [-0.05, 0) is 5.56 Å². The van der Waals surface area contributed by atoms with Gasteiger partial charge in [0, 0.05) is 18.4 Å². The molecule has 0 unspecified atom stereocenters. The maximum atomic E-state index is 12.5. The predicted molar refractivity (Wildman–Crippen MR) is 79.3 cm³/mol. The van der Waals surface area contributed by atoms with E-state index in [2.05, 4.69) is 24.3 Å². The molecule has 0 aromatic heterocycles. The number of carbonyl (C=O) groups is 1. The monoisotopic (exact) mass is 279 g/mol. The van der Waals surface area contributed by atoms with E-state index >= 15 is 0 Å². The lowest BCUT2D eigenvalue weighted by atomic mass is 9.99. The normalized spacial score (nSPS) is 27.9. The molecular weight excluding hydrogens is 262 g/mol. The fraction of sp³-hybridized carbons (Fsp3) is 0.278. The fourth-order valence-corrected chi connectivity index (χ4v) is 3.56. The van der Waals surface area contributed by atoms with Crippen molar-refractivity contribution >= 4 is 5.91 Å². The third kappa shape index (κ3) is 1.81. The van der Waals surface area contributed by atoms with Gasteiger partial charge in [0.15, 0.2) is 5.72 Å². The molecule has 3 heteroatoms. The summed E-state index contributed by atoms with van der Waals surface area (Å²) in [5.41, 5.74) is 1.65. The van der Waals surface area contributed by atoms with E-state index in [1.807, 2.05) is 41.3 Å². The van der Waals surface area contributed by atoms with Crippen molar-refractivity contribution in [2.24, 2.45) is 0 Å². The van der Waals surface area contributed by atoms with Gasteiger partial charge in [-0.15, -0.1) is 0 Å². The molecule has 0 saturated carbocycles. The number of rotatable bonds is 2. The van der Waals surface area contributed by atoms with Gasteiger partial charge in [-0.1, -0.05) is 60.7 Å². The summed E-state index contributed by atoms with van der Waals surface area (Å²) in [7, 11) is 0. The lowest BCUT2D eigenvalue weighted by molar-refractivity contribution is -0.139. The summed E-state index contributed by atoms with van der Waals surface area (Å²) in [6.45, 7) is 0.560. The molecule has 0 bridgehead atoms. The number of fused-ring (bicyclic) bond motifs is 1. The molecule has 3 nitrogen and oxygen atoms in total. The van der Waals surface area contributed by atoms with Gasteiger partial charge in [0.1, 0.15) is 0 Å². The number of nitrogens with zero attached hydrogens (tertiary/aromatic N) is 1. The van der Waals surface area contributed by atoms with Crippen LogP contribution in [0.3, 0.4) is 0 Å². The first-order chi connectivity index (χ1) is 10.3. The maximum Gasteiger partial charge on any atom is 0.225 e. The molecule has 2 aromatic rings. The number of benzene rings is 2. The minimum absolute atomic E-state index is 0.0152. The lowest BCUT2D eigenvalue weighted by Crippen LogP contribution is -2.40. The van der Waals surface area contributed by atoms with Crippen LogP contribution in [0.1, 0.15) is 30.0 Å². The van der Waals surface area contributed by atoms with E-state index in [0.717, 1.165) is 17.5 Å². The van der Waals surface area contributed by atoms with E-state index in [1.165, 1.54) is 0 Å². The zero-order valence-electron chi connectivity index (χ0n) is 11.7. The second kappa shape index (κ2) is 4.71. The highest BCUT2D eigenvalue weighted by Gasteiger charge is 2.55. The molecule has 2 atom stereocenters. The van der Waals surface area contributed by atoms with Crippen molar-refractivity contribution in [3.8, 4) is 0 Å². The SMILES string of the molecule is O=C1CC[C@]2(c3ccccc3)OC[C@@H](c3ccccc3)N12. The molecule has 2 heterocycles. The molecule has 0 radical (unpaired) electrons. The molecule has 4 rings (SSSR count). The van der Waals surface area contributed by atoms with E-state index < -0.39 is 5.72 Å². The molecule has 0 N–H and O–H groups in total. The Kier molecular flexibility index (Phi) is 2.82. The van der Waals surface area contributed by atoms with Crippen LogP contribution >= 0.6 is 0 Å². The molecule has 2 aromatic carbocycles. The topological polar surface area (TPSA) is 29.5 Å². The summed E-state index contributed by atoms with van der Waals surface area (Å²) in [6, 6.07) is 20.3. The van der Waals surface area contributed by atoms with Gasteiger partial charge >= 0.3 is 0 Å². The van der Waals surface area contributed by atoms with E-state index in [1.54, 1.807) is 0 Å². The molecule has 2 saturated heterocycles. The highest BCUT2D eigenvalue weighted by atomic mass is 16.5. The first kappa shape index (κ1) is 12.6. The van der Waals surface area contributed by atoms with Gasteiger partial charge in [-0.2, -0.15) is 0 Å². The van der Waals surface area contributed by atoms with Crippen LogP contribution in [0.2, 0.25) is 0 Å². The first-order valence-electron chi connectivity index (χ1n) is 7.38. The maximum absolute atomic E-state index is 12.5. The van der Waals surface area contributed by atoms with Crippen molar-refractivity contribution in [2.45, 2.75) is 24.6 Å². The van der Waals surface area contributed by atoms with Crippen LogP contribution < -0.4 is 0 Å². The second-order valence-corrected chi connectivity index (χ2v) is 5.65. The predicted octanol–water partition coefficient (Wildman–Crippen LogP) is 3.23. The molecule has 2 aliphatic heterocycles. The van der Waals surface area contributed by atoms with E-state index in [4.69, 9.17) is 4.74 Å². The van der Waals surface area contributed by atoms with Gasteiger partial charge in [0.25, 0.3) is 0 Å². The Morgan fingerprint density at radius 2 is 1.67 bits per heavy atom. The Hall–Kier alpha value is -2.13. The largest absolute Gasteiger partial charge is 0.349 e. The van der Waals surface area contributed by atoms with Crippen molar-refractivity contribution in [3.63, 3.8) is 0 Å². The number of amides is 1. The Balaban J connectivity index is 1.78. The number of hydrogen-bond acceptors (Lipinski definition) is 2. The summed E-state index contributed by atoms with van der Waals surface area (Å²) in [5, 5.41) is 0. The number of hydrogen-bond donors (Lipinski definition) is 0. The van der Waals surface area contributed by atoms with Crippen molar-refractivity contribution in [2.75, 3.05) is 6.61 Å². The van der Waals surface area contributed by atoms with Crippen molar-refractivity contribution in [3.05, 3.63) is 71.8 Å². The highest BCUT2D eigenvalue weighted by Crippen LogP contribution is 2.50. The standard InChI is InChI=1S/C18H17NO2/c20-17-11-12-18(15-9-5-2-6-10-15)19(17)16(13-21-18)14-7-3-1-4-8-14/h1-10,16H,11-13H2/t16-,18+/m0/s1. The Morgan fingerprint density at radius 3 is 2.38 bits per heavy atom. The first-order valence-corrected chi connectivity index (χ1v) is 7.38. The van der Waals surface area contributed by atoms with Crippen LogP contribution in [0, 0.1) is 0 Å². The molecule has 0 spiro atoms. The van der Waals surface area contributed by atoms with Crippen LogP contribution in [0.15, 0.2) is 60.7 Å². The number of ether oxygens (including phenoxy) is 1. The molecule has 2 aliphatic rings. The average molecular weight is 279 g/mol. The summed E-state index contributed by atoms with van der Waals surface area (Å²) in [4.78, 5) is 14.4. The Bertz CT molecular complexity index is 655. The average Bonchev–Trinajstić information content (AvgIpc) is 3.09. The van der Waals surface area contributed by atoms with Crippen LogP contribution in [-0.2, 0) is 15.3 Å². The van der Waals surface area contributed by atoms with Crippen LogP contribution in [0.25, 0.3) is 0 Å². The zero-order valence-corrected chi connectivity index (χ0v) is 11.7. The van der Waals surface area contributed by atoms with E-state index in [9.17, 15) is 4.79 Å². The van der Waals surface area contributed by atoms with Crippen LogP contribution in [-0.4, -0.2) is 17.4 Å². The third-order valence-corrected chi connectivity index (χ3v) is 4.54. The highest BCUT2D eigenvalue weighted by molar-refractivity contribution is 5.80. The molecule has 1 amide bonds. The van der Waals surface area contributed by atoms with Gasteiger partial charge in [-0.3, -0.25) is 4.79 Å². The van der Waals surface area contributed by atoms with Crippen molar-refractivity contribution in [1.82, 2.24) is 4.90 Å². The summed E-state index contributed by atoms with van der Waals surface area (Å²) >= 11 is 0. The van der Waals surface area contributed by atoms with Crippen molar-refractivity contribution < 1.29 is 9.53 Å². The molecular formula is C18H17NO2. The molecule has 21 heavy (non-hydrogen) atoms. The minimum atomic E-state index is -0.571. The Labute approximate surface area is 124 Å². The summed E-state index contributed by atoms with van der Waals surface area (Å²) in [6.07, 6.45) is 1.29. The van der Waals surface area contributed by atoms with E-state index in [0.29, 0.717) is 13.0 Å². The Morgan fingerprint density at radius 1 is 1.00 bits per heavy atom. The van der Waals surface area contributed by atoms with Gasteiger partial charge in [0.05, 0.1) is 12.6 Å². The second-order valence-electron chi connectivity index (χ2n) is 5.65. The van der Waals surface area contributed by atoms with Crippen molar-refractivity contribution in [1.29, 1.82) is 0 Å². The van der Waals surface area contributed by atoms with E-state index in [-0.39, 0.29) is 11.9 Å². The minimum Gasteiger partial charge on any atom is -0.349 e. The third-order valence-electron chi connectivity index (χ3n) is 4.54. The smallest absolute Gasteiger partial charge is 0.225 e. The molecule has 0 aliphatic carbocycles. The number of carbonyl (C=O) groups excluding carboxylic acids is 1. The fourth-order valence-electron chi connectivity index (χ4n) is 3.56. The van der Waals surface area contributed by atoms with Crippen LogP contribution in [0.5, 0.6) is 0 Å². The lowest BCUT2D eigenvalue weighted by Gasteiger charge is -2.33. The van der Waals surface area contributed by atoms with Gasteiger partial charge < -0.3 is 9.64 Å². The van der Waals surface area contributed by atoms with Gasteiger partial charge in [-0.25, -0.2) is 0 Å². The van der Waals surface area contributed by atoms with Crippen LogP contribution in [0.4, 0.5) is 0 Å². The zero-order chi connectivity index (χ0) is 14.3.